The summed E-state index contributed by atoms with van der Waals surface area (Å²) in [6.07, 6.45) is 2.41. The smallest absolute Gasteiger partial charge is 0.135 e. The van der Waals surface area contributed by atoms with Crippen LogP contribution in [0.4, 0.5) is 5.82 Å². The Bertz CT molecular complexity index is 341. The van der Waals surface area contributed by atoms with Crippen molar-refractivity contribution in [3.8, 4) is 0 Å². The van der Waals surface area contributed by atoms with Crippen LogP contribution in [0.15, 0.2) is 11.1 Å². The molecule has 0 saturated heterocycles. The van der Waals surface area contributed by atoms with E-state index in [9.17, 15) is 0 Å². The first kappa shape index (κ1) is 10.7. The summed E-state index contributed by atoms with van der Waals surface area (Å²) in [5, 5.41) is 12.8. The lowest BCUT2D eigenvalue weighted by Gasteiger charge is -2.06. The Kier molecular flexibility index (Phi) is 3.43. The molecule has 1 aromatic heterocycles. The molecule has 82 valence electrons. The molecule has 0 bridgehead atoms. The topological polar surface area (TPSA) is 58.0 Å². The molecule has 1 saturated carbocycles. The van der Waals surface area contributed by atoms with E-state index in [4.69, 9.17) is 5.11 Å². The zero-order valence-corrected chi connectivity index (χ0v) is 9.55. The second kappa shape index (κ2) is 4.81. The van der Waals surface area contributed by atoms with Crippen molar-refractivity contribution in [2.45, 2.75) is 23.8 Å². The van der Waals surface area contributed by atoms with E-state index in [1.54, 1.807) is 11.8 Å². The van der Waals surface area contributed by atoms with Gasteiger partial charge in [-0.1, -0.05) is 0 Å². The van der Waals surface area contributed by atoms with Crippen molar-refractivity contribution in [2.75, 3.05) is 24.7 Å². The van der Waals surface area contributed by atoms with Crippen molar-refractivity contribution in [2.24, 2.45) is 0 Å². The number of nitrogens with zero attached hydrogens (tertiary/aromatic N) is 2. The molecule has 0 aliphatic heterocycles. The van der Waals surface area contributed by atoms with Crippen LogP contribution in [0, 0.1) is 0 Å². The van der Waals surface area contributed by atoms with Gasteiger partial charge in [0.2, 0.25) is 0 Å². The summed E-state index contributed by atoms with van der Waals surface area (Å²) in [6.45, 7) is 0.183. The largest absolute Gasteiger partial charge is 0.396 e. The van der Waals surface area contributed by atoms with Gasteiger partial charge in [0.15, 0.2) is 0 Å². The van der Waals surface area contributed by atoms with Gasteiger partial charge in [0.05, 0.1) is 6.61 Å². The van der Waals surface area contributed by atoms with E-state index in [0.29, 0.717) is 11.7 Å². The standard InChI is InChI=1S/C10H15N3OS/c1-11-8-6-9(15-5-4-14)13-10(12-8)7-2-3-7/h6-7,14H,2-5H2,1H3,(H,11,12,13). The maximum atomic E-state index is 8.77. The van der Waals surface area contributed by atoms with E-state index in [1.807, 2.05) is 13.1 Å². The van der Waals surface area contributed by atoms with Gasteiger partial charge in [0.25, 0.3) is 0 Å². The maximum absolute atomic E-state index is 8.77. The highest BCUT2D eigenvalue weighted by atomic mass is 32.2. The molecule has 0 spiro atoms. The molecular formula is C10H15N3OS. The summed E-state index contributed by atoms with van der Waals surface area (Å²) in [6, 6.07) is 1.92. The Hall–Kier alpha value is -0.810. The number of rotatable bonds is 5. The number of nitrogens with one attached hydrogen (secondary N) is 1. The van der Waals surface area contributed by atoms with E-state index >= 15 is 0 Å². The van der Waals surface area contributed by atoms with Gasteiger partial charge >= 0.3 is 0 Å². The molecular weight excluding hydrogens is 210 g/mol. The third kappa shape index (κ3) is 2.82. The first-order valence-corrected chi connectivity index (χ1v) is 6.12. The minimum atomic E-state index is 0.183. The summed E-state index contributed by atoms with van der Waals surface area (Å²) < 4.78 is 0. The van der Waals surface area contributed by atoms with Crippen LogP contribution in [-0.2, 0) is 0 Å². The lowest BCUT2D eigenvalue weighted by Crippen LogP contribution is -2.00. The van der Waals surface area contributed by atoms with Crippen LogP contribution in [0.2, 0.25) is 0 Å². The third-order valence-electron chi connectivity index (χ3n) is 2.26. The number of hydrogen-bond donors (Lipinski definition) is 2. The molecule has 1 fully saturated rings. The molecule has 2 rings (SSSR count). The predicted molar refractivity (Wildman–Crippen MR) is 61.4 cm³/mol. The average Bonchev–Trinajstić information content (AvgIpc) is 3.09. The number of hydrogen-bond acceptors (Lipinski definition) is 5. The van der Waals surface area contributed by atoms with Crippen LogP contribution >= 0.6 is 11.8 Å². The molecule has 15 heavy (non-hydrogen) atoms. The fourth-order valence-electron chi connectivity index (χ4n) is 1.32. The molecule has 5 heteroatoms. The normalized spacial score (nSPS) is 15.3. The highest BCUT2D eigenvalue weighted by Crippen LogP contribution is 2.39. The number of aromatic nitrogens is 2. The summed E-state index contributed by atoms with van der Waals surface area (Å²) in [4.78, 5) is 8.91. The second-order valence-electron chi connectivity index (χ2n) is 3.55. The Morgan fingerprint density at radius 3 is 2.93 bits per heavy atom. The van der Waals surface area contributed by atoms with Crippen molar-refractivity contribution in [1.82, 2.24) is 9.97 Å². The van der Waals surface area contributed by atoms with Crippen LogP contribution in [0.1, 0.15) is 24.6 Å². The average molecular weight is 225 g/mol. The van der Waals surface area contributed by atoms with Gasteiger partial charge in [-0.05, 0) is 12.8 Å². The molecule has 0 atom stereocenters. The van der Waals surface area contributed by atoms with Crippen molar-refractivity contribution >= 4 is 17.6 Å². The molecule has 1 heterocycles. The Morgan fingerprint density at radius 1 is 1.53 bits per heavy atom. The Morgan fingerprint density at radius 2 is 2.33 bits per heavy atom. The fourth-order valence-corrected chi connectivity index (χ4v) is 1.97. The molecule has 4 nitrogen and oxygen atoms in total. The van der Waals surface area contributed by atoms with E-state index in [1.165, 1.54) is 12.8 Å². The number of thioether (sulfide) groups is 1. The van der Waals surface area contributed by atoms with Gasteiger partial charge in [-0.25, -0.2) is 9.97 Å². The number of anilines is 1. The molecule has 1 aliphatic rings. The number of aliphatic hydroxyl groups excluding tert-OH is 1. The van der Waals surface area contributed by atoms with Gasteiger partial charge in [-0.2, -0.15) is 0 Å². The Balaban J connectivity index is 2.16. The molecule has 1 aliphatic carbocycles. The fraction of sp³-hybridized carbons (Fsp3) is 0.600. The summed E-state index contributed by atoms with van der Waals surface area (Å²) >= 11 is 1.57. The lowest BCUT2D eigenvalue weighted by atomic mass is 10.4. The maximum Gasteiger partial charge on any atom is 0.135 e. The van der Waals surface area contributed by atoms with Crippen molar-refractivity contribution < 1.29 is 5.11 Å². The van der Waals surface area contributed by atoms with E-state index < -0.39 is 0 Å². The molecule has 2 N–H and O–H groups in total. The highest BCUT2D eigenvalue weighted by molar-refractivity contribution is 7.99. The second-order valence-corrected chi connectivity index (χ2v) is 4.66. The van der Waals surface area contributed by atoms with Crippen molar-refractivity contribution in [3.05, 3.63) is 11.9 Å². The van der Waals surface area contributed by atoms with E-state index in [2.05, 4.69) is 15.3 Å². The van der Waals surface area contributed by atoms with Crippen LogP contribution in [0.3, 0.4) is 0 Å². The summed E-state index contributed by atoms with van der Waals surface area (Å²) in [5.74, 6) is 3.06. The van der Waals surface area contributed by atoms with Gasteiger partial charge in [-0.15, -0.1) is 11.8 Å². The minimum Gasteiger partial charge on any atom is -0.396 e. The highest BCUT2D eigenvalue weighted by Gasteiger charge is 2.27. The van der Waals surface area contributed by atoms with Gasteiger partial charge in [0.1, 0.15) is 16.7 Å². The van der Waals surface area contributed by atoms with E-state index in [0.717, 1.165) is 16.7 Å². The van der Waals surface area contributed by atoms with Gasteiger partial charge in [0, 0.05) is 24.8 Å². The predicted octanol–water partition coefficient (Wildman–Crippen LogP) is 1.48. The summed E-state index contributed by atoms with van der Waals surface area (Å²) in [5.41, 5.74) is 0. The lowest BCUT2D eigenvalue weighted by molar-refractivity contribution is 0.322. The minimum absolute atomic E-state index is 0.183. The van der Waals surface area contributed by atoms with E-state index in [-0.39, 0.29) is 6.61 Å². The molecule has 0 amide bonds. The van der Waals surface area contributed by atoms with Crippen molar-refractivity contribution in [1.29, 1.82) is 0 Å². The first-order valence-electron chi connectivity index (χ1n) is 5.14. The zero-order chi connectivity index (χ0) is 10.7. The molecule has 0 radical (unpaired) electrons. The molecule has 0 aromatic carbocycles. The Labute approximate surface area is 93.5 Å². The first-order chi connectivity index (χ1) is 7.33. The van der Waals surface area contributed by atoms with Crippen LogP contribution in [-0.4, -0.2) is 34.5 Å². The molecule has 1 aromatic rings. The van der Waals surface area contributed by atoms with Crippen LogP contribution < -0.4 is 5.32 Å². The van der Waals surface area contributed by atoms with Gasteiger partial charge < -0.3 is 10.4 Å². The number of aliphatic hydroxyl groups is 1. The van der Waals surface area contributed by atoms with Crippen molar-refractivity contribution in [3.63, 3.8) is 0 Å². The quantitative estimate of drug-likeness (QED) is 0.587. The van der Waals surface area contributed by atoms with Gasteiger partial charge in [-0.3, -0.25) is 0 Å². The SMILES string of the molecule is CNc1cc(SCCO)nc(C2CC2)n1. The molecule has 0 unspecified atom stereocenters. The summed E-state index contributed by atoms with van der Waals surface area (Å²) in [7, 11) is 1.86. The van der Waals surface area contributed by atoms with Crippen LogP contribution in [0.5, 0.6) is 0 Å². The monoisotopic (exact) mass is 225 g/mol. The van der Waals surface area contributed by atoms with Crippen LogP contribution in [0.25, 0.3) is 0 Å². The zero-order valence-electron chi connectivity index (χ0n) is 8.73. The third-order valence-corrected chi connectivity index (χ3v) is 3.15.